The Bertz CT molecular complexity index is 309. The van der Waals surface area contributed by atoms with Crippen LogP contribution in [0.2, 0.25) is 0 Å². The van der Waals surface area contributed by atoms with E-state index in [1.165, 1.54) is 0 Å². The van der Waals surface area contributed by atoms with E-state index < -0.39 is 10.0 Å². The number of hydrogen-bond donors (Lipinski definition) is 0. The van der Waals surface area contributed by atoms with E-state index >= 15 is 0 Å². The molecule has 102 valence electrons. The predicted octanol–water partition coefficient (Wildman–Crippen LogP) is -0.0946. The van der Waals surface area contributed by atoms with Crippen LogP contribution in [0.5, 0.6) is 0 Å². The van der Waals surface area contributed by atoms with Crippen molar-refractivity contribution in [1.82, 2.24) is 14.1 Å². The van der Waals surface area contributed by atoms with Crippen LogP contribution in [0, 0.1) is 0 Å². The molecule has 0 bridgehead atoms. The van der Waals surface area contributed by atoms with Crippen molar-refractivity contribution in [3.05, 3.63) is 0 Å². The third kappa shape index (κ3) is 4.91. The molecule has 1 saturated heterocycles. The zero-order valence-corrected chi connectivity index (χ0v) is 12.0. The maximum atomic E-state index is 11.7. The van der Waals surface area contributed by atoms with Crippen molar-refractivity contribution in [2.24, 2.45) is 0 Å². The lowest BCUT2D eigenvalue weighted by atomic mass is 10.3. The molecule has 0 spiro atoms. The Morgan fingerprint density at radius 3 is 2.18 bits per heavy atom. The molecule has 0 amide bonds. The highest BCUT2D eigenvalue weighted by molar-refractivity contribution is 7.89. The molecule has 1 aliphatic rings. The molecule has 0 radical (unpaired) electrons. The zero-order valence-electron chi connectivity index (χ0n) is 11.2. The number of piperazine rings is 1. The summed E-state index contributed by atoms with van der Waals surface area (Å²) in [5, 5.41) is 0. The summed E-state index contributed by atoms with van der Waals surface area (Å²) in [6, 6.07) is 0. The van der Waals surface area contributed by atoms with E-state index in [4.69, 9.17) is 0 Å². The van der Waals surface area contributed by atoms with Crippen LogP contribution in [0.4, 0.5) is 0 Å². The maximum Gasteiger partial charge on any atom is 0.213 e. The van der Waals surface area contributed by atoms with Gasteiger partial charge in [-0.25, -0.2) is 8.42 Å². The predicted molar refractivity (Wildman–Crippen MR) is 70.6 cm³/mol. The first-order valence-corrected chi connectivity index (χ1v) is 7.91. The number of rotatable bonds is 6. The zero-order chi connectivity index (χ0) is 12.9. The van der Waals surface area contributed by atoms with E-state index in [2.05, 4.69) is 23.9 Å². The molecule has 0 unspecified atom stereocenters. The molecule has 5 nitrogen and oxygen atoms in total. The average Bonchev–Trinajstić information content (AvgIpc) is 2.29. The highest BCUT2D eigenvalue weighted by Crippen LogP contribution is 2.08. The van der Waals surface area contributed by atoms with Gasteiger partial charge in [0.25, 0.3) is 0 Å². The van der Waals surface area contributed by atoms with Crippen molar-refractivity contribution >= 4 is 10.0 Å². The molecular formula is C11H25N3O2S. The Balaban J connectivity index is 2.27. The fraction of sp³-hybridized carbons (Fsp3) is 1.00. The van der Waals surface area contributed by atoms with Gasteiger partial charge in [0.15, 0.2) is 0 Å². The van der Waals surface area contributed by atoms with Gasteiger partial charge in [-0.15, -0.1) is 0 Å². The average molecular weight is 263 g/mol. The minimum atomic E-state index is -2.98. The Kier molecular flexibility index (Phi) is 5.85. The first kappa shape index (κ1) is 14.9. The molecule has 1 rings (SSSR count). The lowest BCUT2D eigenvalue weighted by molar-refractivity contribution is 0.181. The maximum absolute atomic E-state index is 11.7. The third-order valence-corrected chi connectivity index (χ3v) is 5.05. The van der Waals surface area contributed by atoms with Crippen LogP contribution in [0.1, 0.15) is 13.3 Å². The normalized spacial score (nSPS) is 20.0. The summed E-state index contributed by atoms with van der Waals surface area (Å²) >= 11 is 0. The van der Waals surface area contributed by atoms with Crippen molar-refractivity contribution in [3.63, 3.8) is 0 Å². The molecule has 0 saturated carbocycles. The molecule has 6 heteroatoms. The van der Waals surface area contributed by atoms with Crippen LogP contribution >= 0.6 is 0 Å². The first-order chi connectivity index (χ1) is 7.95. The van der Waals surface area contributed by atoms with Gasteiger partial charge in [0.1, 0.15) is 0 Å². The van der Waals surface area contributed by atoms with Gasteiger partial charge in [-0.05, 0) is 40.5 Å². The Morgan fingerprint density at radius 1 is 1.12 bits per heavy atom. The van der Waals surface area contributed by atoms with Gasteiger partial charge in [0.2, 0.25) is 10.0 Å². The minimum Gasteiger partial charge on any atom is -0.309 e. The highest BCUT2D eigenvalue weighted by atomic mass is 32.2. The van der Waals surface area contributed by atoms with Crippen LogP contribution < -0.4 is 0 Å². The molecule has 1 aliphatic heterocycles. The number of hydrogen-bond acceptors (Lipinski definition) is 4. The Labute approximate surface area is 105 Å². The third-order valence-electron chi connectivity index (χ3n) is 3.17. The van der Waals surface area contributed by atoms with Gasteiger partial charge in [0, 0.05) is 26.2 Å². The Hall–Kier alpha value is -0.170. The molecule has 0 atom stereocenters. The summed E-state index contributed by atoms with van der Waals surface area (Å²) in [6.07, 6.45) is 1.15. The van der Waals surface area contributed by atoms with Crippen molar-refractivity contribution in [2.45, 2.75) is 13.3 Å². The number of sulfonamides is 1. The van der Waals surface area contributed by atoms with Crippen LogP contribution in [-0.4, -0.2) is 81.6 Å². The van der Waals surface area contributed by atoms with E-state index in [1.54, 1.807) is 11.2 Å². The van der Waals surface area contributed by atoms with Gasteiger partial charge in [-0.3, -0.25) is 0 Å². The Morgan fingerprint density at radius 2 is 1.71 bits per heavy atom. The lowest BCUT2D eigenvalue weighted by Crippen LogP contribution is -2.49. The smallest absolute Gasteiger partial charge is 0.213 e. The van der Waals surface area contributed by atoms with Crippen molar-refractivity contribution < 1.29 is 8.42 Å². The SMILES string of the molecule is CCS(=O)(=O)N1CCN(CCCN(C)C)CC1. The molecule has 0 aromatic carbocycles. The van der Waals surface area contributed by atoms with E-state index in [0.717, 1.165) is 32.6 Å². The standard InChI is InChI=1S/C11H25N3O2S/c1-4-17(15,16)14-10-8-13(9-11-14)7-5-6-12(2)3/h4-11H2,1-3H3. The van der Waals surface area contributed by atoms with Crippen molar-refractivity contribution in [2.75, 3.05) is 59.1 Å². The summed E-state index contributed by atoms with van der Waals surface area (Å²) in [5.41, 5.74) is 0. The molecule has 1 fully saturated rings. The molecule has 17 heavy (non-hydrogen) atoms. The summed E-state index contributed by atoms with van der Waals surface area (Å²) < 4.78 is 25.0. The minimum absolute atomic E-state index is 0.216. The lowest BCUT2D eigenvalue weighted by Gasteiger charge is -2.33. The van der Waals surface area contributed by atoms with Crippen molar-refractivity contribution in [3.8, 4) is 0 Å². The van der Waals surface area contributed by atoms with E-state index in [1.807, 2.05) is 0 Å². The van der Waals surface area contributed by atoms with E-state index in [9.17, 15) is 8.42 Å². The highest BCUT2D eigenvalue weighted by Gasteiger charge is 2.24. The van der Waals surface area contributed by atoms with E-state index in [-0.39, 0.29) is 5.75 Å². The second-order valence-electron chi connectivity index (χ2n) is 4.80. The first-order valence-electron chi connectivity index (χ1n) is 6.30. The summed E-state index contributed by atoms with van der Waals surface area (Å²) in [4.78, 5) is 4.53. The van der Waals surface area contributed by atoms with Gasteiger partial charge in [-0.2, -0.15) is 4.31 Å². The second-order valence-corrected chi connectivity index (χ2v) is 7.06. The van der Waals surface area contributed by atoms with Crippen LogP contribution in [0.15, 0.2) is 0 Å². The summed E-state index contributed by atoms with van der Waals surface area (Å²) in [5.74, 6) is 0.216. The number of nitrogens with zero attached hydrogens (tertiary/aromatic N) is 3. The fourth-order valence-electron chi connectivity index (χ4n) is 2.02. The monoisotopic (exact) mass is 263 g/mol. The molecule has 0 aromatic rings. The largest absolute Gasteiger partial charge is 0.309 e. The fourth-order valence-corrected chi connectivity index (χ4v) is 3.11. The van der Waals surface area contributed by atoms with Gasteiger partial charge >= 0.3 is 0 Å². The van der Waals surface area contributed by atoms with Gasteiger partial charge in [-0.1, -0.05) is 0 Å². The van der Waals surface area contributed by atoms with Crippen LogP contribution in [0.3, 0.4) is 0 Å². The topological polar surface area (TPSA) is 43.9 Å². The van der Waals surface area contributed by atoms with Crippen molar-refractivity contribution in [1.29, 1.82) is 0 Å². The molecule has 0 aliphatic carbocycles. The summed E-state index contributed by atoms with van der Waals surface area (Å²) in [7, 11) is 1.17. The van der Waals surface area contributed by atoms with E-state index in [0.29, 0.717) is 13.1 Å². The second kappa shape index (κ2) is 6.68. The van der Waals surface area contributed by atoms with Gasteiger partial charge in [0.05, 0.1) is 5.75 Å². The molecular weight excluding hydrogens is 238 g/mol. The molecule has 0 N–H and O–H groups in total. The van der Waals surface area contributed by atoms with Crippen LogP contribution in [0.25, 0.3) is 0 Å². The quantitative estimate of drug-likeness (QED) is 0.671. The van der Waals surface area contributed by atoms with Crippen LogP contribution in [-0.2, 0) is 10.0 Å². The summed E-state index contributed by atoms with van der Waals surface area (Å²) in [6.45, 7) is 6.90. The molecule has 1 heterocycles. The molecule has 0 aromatic heterocycles. The van der Waals surface area contributed by atoms with Gasteiger partial charge < -0.3 is 9.80 Å².